The van der Waals surface area contributed by atoms with Crippen LogP contribution in [0.4, 0.5) is 5.69 Å². The minimum absolute atomic E-state index is 0.0672. The molecule has 0 radical (unpaired) electrons. The highest BCUT2D eigenvalue weighted by Gasteiger charge is 2.47. The molecule has 0 bridgehead atoms. The molecule has 0 saturated carbocycles. The van der Waals surface area contributed by atoms with Crippen LogP contribution in [0.5, 0.6) is 17.2 Å². The number of amides is 1. The fraction of sp³-hybridized carbons (Fsp3) is 0.267. The summed E-state index contributed by atoms with van der Waals surface area (Å²) in [7, 11) is 1.54. The normalized spacial score (nSPS) is 17.2. The third-order valence-corrected chi connectivity index (χ3v) is 6.38. The number of methoxy groups -OCH3 is 1. The number of aliphatic hydroxyl groups is 1. The van der Waals surface area contributed by atoms with Crippen LogP contribution in [0.1, 0.15) is 50.4 Å². The van der Waals surface area contributed by atoms with Gasteiger partial charge in [-0.15, -0.1) is 0 Å². The number of Topliss-reactive ketones (excluding diaryl/α,β-unsaturated/α-hetero) is 1. The van der Waals surface area contributed by atoms with Gasteiger partial charge in [0.15, 0.2) is 0 Å². The Morgan fingerprint density at radius 2 is 1.68 bits per heavy atom. The molecule has 1 saturated heterocycles. The van der Waals surface area contributed by atoms with Gasteiger partial charge >= 0.3 is 0 Å². The molecule has 1 aliphatic heterocycles. The van der Waals surface area contributed by atoms with Crippen molar-refractivity contribution in [1.29, 1.82) is 0 Å². The molecule has 1 unspecified atom stereocenters. The van der Waals surface area contributed by atoms with Crippen molar-refractivity contribution in [2.45, 2.75) is 39.2 Å². The lowest BCUT2D eigenvalue weighted by atomic mass is 9.84. The average Bonchev–Trinajstić information content (AvgIpc) is 3.14. The first-order valence-electron chi connectivity index (χ1n) is 12.1. The lowest BCUT2D eigenvalue weighted by molar-refractivity contribution is -0.132. The van der Waals surface area contributed by atoms with Gasteiger partial charge in [-0.2, -0.15) is 0 Å². The van der Waals surface area contributed by atoms with Crippen LogP contribution >= 0.6 is 0 Å². The Hall–Kier alpha value is -4.26. The number of ether oxygens (including phenoxy) is 2. The number of hydrogen-bond acceptors (Lipinski definition) is 6. The predicted molar refractivity (Wildman–Crippen MR) is 142 cm³/mol. The van der Waals surface area contributed by atoms with Crippen molar-refractivity contribution in [3.05, 3.63) is 89.0 Å². The molecule has 0 aromatic heterocycles. The number of rotatable bonds is 6. The van der Waals surface area contributed by atoms with E-state index in [1.54, 1.807) is 67.8 Å². The highest BCUT2D eigenvalue weighted by molar-refractivity contribution is 6.51. The fourth-order valence-electron chi connectivity index (χ4n) is 4.55. The van der Waals surface area contributed by atoms with Gasteiger partial charge in [0.25, 0.3) is 11.7 Å². The zero-order valence-electron chi connectivity index (χ0n) is 21.6. The Labute approximate surface area is 216 Å². The van der Waals surface area contributed by atoms with E-state index in [9.17, 15) is 19.8 Å². The molecule has 1 atom stereocenters. The predicted octanol–water partition coefficient (Wildman–Crippen LogP) is 5.72. The lowest BCUT2D eigenvalue weighted by Crippen LogP contribution is -2.29. The van der Waals surface area contributed by atoms with Crippen molar-refractivity contribution in [3.63, 3.8) is 0 Å². The van der Waals surface area contributed by atoms with Crippen LogP contribution in [0.25, 0.3) is 5.76 Å². The first kappa shape index (κ1) is 25.8. The molecule has 1 amide bonds. The van der Waals surface area contributed by atoms with Crippen LogP contribution in [0.15, 0.2) is 72.3 Å². The number of benzene rings is 3. The van der Waals surface area contributed by atoms with E-state index in [1.165, 1.54) is 11.0 Å². The second kappa shape index (κ2) is 10.0. The highest BCUT2D eigenvalue weighted by atomic mass is 16.5. The summed E-state index contributed by atoms with van der Waals surface area (Å²) in [5.41, 5.74) is 1.62. The van der Waals surface area contributed by atoms with Gasteiger partial charge in [-0.1, -0.05) is 45.0 Å². The number of nitrogens with zero attached hydrogens (tertiary/aromatic N) is 1. The Morgan fingerprint density at radius 3 is 2.27 bits per heavy atom. The maximum Gasteiger partial charge on any atom is 0.300 e. The summed E-state index contributed by atoms with van der Waals surface area (Å²) in [5, 5.41) is 22.1. The van der Waals surface area contributed by atoms with Crippen molar-refractivity contribution in [2.75, 3.05) is 18.6 Å². The van der Waals surface area contributed by atoms with E-state index < -0.39 is 17.7 Å². The SMILES string of the molecule is CCOc1ccc(/C(O)=C2/C(=O)C(=O)N(c3ccccc3O)C2c2ccc(OC)cc2)cc1C(C)(C)C. The minimum atomic E-state index is -0.969. The van der Waals surface area contributed by atoms with Crippen LogP contribution in [0.3, 0.4) is 0 Å². The molecule has 0 spiro atoms. The van der Waals surface area contributed by atoms with Gasteiger partial charge in [-0.3, -0.25) is 14.5 Å². The smallest absolute Gasteiger partial charge is 0.300 e. The van der Waals surface area contributed by atoms with E-state index in [0.717, 1.165) is 5.56 Å². The molecule has 1 heterocycles. The Kier molecular flexibility index (Phi) is 6.99. The van der Waals surface area contributed by atoms with Gasteiger partial charge in [0.2, 0.25) is 0 Å². The Balaban J connectivity index is 1.95. The van der Waals surface area contributed by atoms with Crippen molar-refractivity contribution in [1.82, 2.24) is 0 Å². The summed E-state index contributed by atoms with van der Waals surface area (Å²) in [5.74, 6) is -0.847. The van der Waals surface area contributed by atoms with Crippen LogP contribution < -0.4 is 14.4 Å². The van der Waals surface area contributed by atoms with E-state index in [2.05, 4.69) is 0 Å². The van der Waals surface area contributed by atoms with Crippen molar-refractivity contribution >= 4 is 23.1 Å². The molecular formula is C30H31NO6. The summed E-state index contributed by atoms with van der Waals surface area (Å²) < 4.78 is 11.1. The summed E-state index contributed by atoms with van der Waals surface area (Å²) in [6, 6.07) is 17.5. The molecular weight excluding hydrogens is 470 g/mol. The van der Waals surface area contributed by atoms with E-state index in [0.29, 0.717) is 29.2 Å². The van der Waals surface area contributed by atoms with E-state index >= 15 is 0 Å². The highest BCUT2D eigenvalue weighted by Crippen LogP contribution is 2.45. The summed E-state index contributed by atoms with van der Waals surface area (Å²) in [6.07, 6.45) is 0. The van der Waals surface area contributed by atoms with Gasteiger partial charge < -0.3 is 19.7 Å². The number of aliphatic hydroxyl groups excluding tert-OH is 1. The number of phenols is 1. The molecule has 3 aromatic carbocycles. The lowest BCUT2D eigenvalue weighted by Gasteiger charge is -2.26. The molecule has 192 valence electrons. The maximum absolute atomic E-state index is 13.4. The summed E-state index contributed by atoms with van der Waals surface area (Å²) >= 11 is 0. The number of aromatic hydroxyl groups is 1. The van der Waals surface area contributed by atoms with Gasteiger partial charge in [-0.05, 0) is 60.4 Å². The standard InChI is InChI=1S/C30H31NO6/c1-6-37-24-16-13-19(17-21(24)30(2,3)4)27(33)25-26(18-11-14-20(36-5)15-12-18)31(29(35)28(25)34)22-9-7-8-10-23(22)32/h7-17,26,32-33H,6H2,1-5H3/b27-25-. The number of hydrogen-bond donors (Lipinski definition) is 2. The van der Waals surface area contributed by atoms with Crippen LogP contribution in [0.2, 0.25) is 0 Å². The molecule has 7 heteroatoms. The number of ketones is 1. The second-order valence-corrected chi connectivity index (χ2v) is 9.82. The van der Waals surface area contributed by atoms with Crippen molar-refractivity contribution < 1.29 is 29.3 Å². The number of carbonyl (C=O) groups is 2. The Bertz CT molecular complexity index is 1370. The molecule has 2 N–H and O–H groups in total. The molecule has 4 rings (SSSR count). The first-order chi connectivity index (χ1) is 17.6. The van der Waals surface area contributed by atoms with Crippen LogP contribution in [0, 0.1) is 0 Å². The van der Waals surface area contributed by atoms with Crippen LogP contribution in [-0.2, 0) is 15.0 Å². The molecule has 1 fully saturated rings. The first-order valence-corrected chi connectivity index (χ1v) is 12.1. The number of anilines is 1. The van der Waals surface area contributed by atoms with Crippen molar-refractivity contribution in [3.8, 4) is 17.2 Å². The molecule has 0 aliphatic carbocycles. The quantitative estimate of drug-likeness (QED) is 0.255. The molecule has 3 aromatic rings. The minimum Gasteiger partial charge on any atom is -0.507 e. The number of phenolic OH excluding ortho intramolecular Hbond substituents is 1. The van der Waals surface area contributed by atoms with Gasteiger partial charge in [-0.25, -0.2) is 0 Å². The maximum atomic E-state index is 13.4. The monoisotopic (exact) mass is 501 g/mol. The Morgan fingerprint density at radius 1 is 1.00 bits per heavy atom. The summed E-state index contributed by atoms with van der Waals surface area (Å²) in [4.78, 5) is 28.0. The summed E-state index contributed by atoms with van der Waals surface area (Å²) in [6.45, 7) is 8.47. The zero-order valence-corrected chi connectivity index (χ0v) is 21.6. The van der Waals surface area contributed by atoms with Gasteiger partial charge in [0.05, 0.1) is 31.0 Å². The van der Waals surface area contributed by atoms with E-state index in [-0.39, 0.29) is 28.2 Å². The molecule has 7 nitrogen and oxygen atoms in total. The topological polar surface area (TPSA) is 96.3 Å². The third-order valence-electron chi connectivity index (χ3n) is 6.38. The third kappa shape index (κ3) is 4.77. The number of para-hydroxylation sites is 2. The number of carbonyl (C=O) groups excluding carboxylic acids is 2. The fourth-order valence-corrected chi connectivity index (χ4v) is 4.55. The van der Waals surface area contributed by atoms with Crippen LogP contribution in [-0.4, -0.2) is 35.6 Å². The van der Waals surface area contributed by atoms with Gasteiger partial charge in [0.1, 0.15) is 23.0 Å². The van der Waals surface area contributed by atoms with E-state index in [1.807, 2.05) is 27.7 Å². The largest absolute Gasteiger partial charge is 0.507 e. The zero-order chi connectivity index (χ0) is 26.9. The molecule has 1 aliphatic rings. The average molecular weight is 502 g/mol. The van der Waals surface area contributed by atoms with Gasteiger partial charge in [0, 0.05) is 11.1 Å². The van der Waals surface area contributed by atoms with E-state index in [4.69, 9.17) is 9.47 Å². The molecule has 37 heavy (non-hydrogen) atoms. The van der Waals surface area contributed by atoms with Crippen molar-refractivity contribution in [2.24, 2.45) is 0 Å². The second-order valence-electron chi connectivity index (χ2n) is 9.82.